The Morgan fingerprint density at radius 3 is 2.48 bits per heavy atom. The summed E-state index contributed by atoms with van der Waals surface area (Å²) < 4.78 is 5.45. The average molecular weight is 442 g/mol. The fraction of sp³-hybridized carbons (Fsp3) is 0.222. The number of nitrogens with zero attached hydrogens (tertiary/aromatic N) is 1. The number of carbonyl (C=O) groups is 2. The van der Waals surface area contributed by atoms with Crippen molar-refractivity contribution in [3.8, 4) is 11.5 Å². The van der Waals surface area contributed by atoms with Gasteiger partial charge in [0.15, 0.2) is 0 Å². The molecular formula is C27H27N3O3. The van der Waals surface area contributed by atoms with Crippen LogP contribution in [0.1, 0.15) is 25.1 Å². The summed E-state index contributed by atoms with van der Waals surface area (Å²) in [5, 5.41) is 8.02. The van der Waals surface area contributed by atoms with Gasteiger partial charge in [-0.3, -0.25) is 9.59 Å². The van der Waals surface area contributed by atoms with Crippen LogP contribution in [-0.4, -0.2) is 22.8 Å². The van der Waals surface area contributed by atoms with Crippen molar-refractivity contribution in [3.05, 3.63) is 84.3 Å². The molecule has 0 fully saturated rings. The van der Waals surface area contributed by atoms with E-state index in [9.17, 15) is 9.59 Å². The van der Waals surface area contributed by atoms with E-state index in [0.717, 1.165) is 27.6 Å². The predicted molar refractivity (Wildman–Crippen MR) is 130 cm³/mol. The van der Waals surface area contributed by atoms with Crippen LogP contribution in [0, 0.1) is 12.8 Å². The summed E-state index contributed by atoms with van der Waals surface area (Å²) in [6.45, 7) is 5.67. The van der Waals surface area contributed by atoms with Gasteiger partial charge in [0.1, 0.15) is 12.3 Å². The minimum absolute atomic E-state index is 0.0804. The SMILES string of the molecule is Cc1coc(-c2cccc(NC(=O)C(NC(=O)Cc3ccc4ccccc4c3)C(C)C)c2)n1. The summed E-state index contributed by atoms with van der Waals surface area (Å²) >= 11 is 0. The highest BCUT2D eigenvalue weighted by Gasteiger charge is 2.24. The van der Waals surface area contributed by atoms with Gasteiger partial charge in [0.2, 0.25) is 17.7 Å². The molecule has 4 aromatic rings. The average Bonchev–Trinajstić information content (AvgIpc) is 3.23. The molecule has 3 aromatic carbocycles. The molecule has 0 aliphatic carbocycles. The normalized spacial score (nSPS) is 12.0. The standard InChI is InChI=1S/C27H27N3O3/c1-17(2)25(30-24(31)14-19-11-12-20-7-4-5-8-21(20)13-19)26(32)29-23-10-6-9-22(15-23)27-28-18(3)16-33-27/h4-13,15-17,25H,14H2,1-3H3,(H,29,32)(H,30,31). The molecule has 0 aliphatic rings. The van der Waals surface area contributed by atoms with E-state index >= 15 is 0 Å². The maximum Gasteiger partial charge on any atom is 0.247 e. The number of fused-ring (bicyclic) bond motifs is 1. The quantitative estimate of drug-likeness (QED) is 0.417. The molecule has 0 radical (unpaired) electrons. The lowest BCUT2D eigenvalue weighted by Gasteiger charge is -2.22. The first-order valence-corrected chi connectivity index (χ1v) is 11.0. The van der Waals surface area contributed by atoms with Crippen molar-refractivity contribution in [3.63, 3.8) is 0 Å². The van der Waals surface area contributed by atoms with E-state index in [2.05, 4.69) is 15.6 Å². The molecule has 0 saturated carbocycles. The third-order valence-electron chi connectivity index (χ3n) is 5.44. The molecular weight excluding hydrogens is 414 g/mol. The second-order valence-corrected chi connectivity index (χ2v) is 8.51. The Morgan fingerprint density at radius 1 is 0.970 bits per heavy atom. The fourth-order valence-corrected chi connectivity index (χ4v) is 3.73. The molecule has 4 rings (SSSR count). The highest BCUT2D eigenvalue weighted by atomic mass is 16.3. The number of rotatable bonds is 7. The van der Waals surface area contributed by atoms with E-state index in [-0.39, 0.29) is 24.2 Å². The number of aryl methyl sites for hydroxylation is 1. The number of nitrogens with one attached hydrogen (secondary N) is 2. The summed E-state index contributed by atoms with van der Waals surface area (Å²) in [6.07, 6.45) is 1.79. The summed E-state index contributed by atoms with van der Waals surface area (Å²) in [4.78, 5) is 30.1. The van der Waals surface area contributed by atoms with Gasteiger partial charge in [-0.2, -0.15) is 0 Å². The molecule has 33 heavy (non-hydrogen) atoms. The molecule has 0 bridgehead atoms. The van der Waals surface area contributed by atoms with Crippen LogP contribution in [-0.2, 0) is 16.0 Å². The predicted octanol–water partition coefficient (Wildman–Crippen LogP) is 5.13. The number of benzene rings is 3. The number of amides is 2. The van der Waals surface area contributed by atoms with Gasteiger partial charge in [-0.15, -0.1) is 0 Å². The second-order valence-electron chi connectivity index (χ2n) is 8.51. The lowest BCUT2D eigenvalue weighted by Crippen LogP contribution is -2.47. The van der Waals surface area contributed by atoms with E-state index in [4.69, 9.17) is 4.42 Å². The van der Waals surface area contributed by atoms with E-state index in [1.54, 1.807) is 18.4 Å². The number of oxazole rings is 1. The van der Waals surface area contributed by atoms with Crippen molar-refractivity contribution in [2.45, 2.75) is 33.2 Å². The largest absolute Gasteiger partial charge is 0.444 e. The molecule has 0 aliphatic heterocycles. The minimum Gasteiger partial charge on any atom is -0.444 e. The first kappa shape index (κ1) is 22.3. The summed E-state index contributed by atoms with van der Waals surface area (Å²) in [5.41, 5.74) is 3.07. The van der Waals surface area contributed by atoms with Gasteiger partial charge >= 0.3 is 0 Å². The zero-order chi connectivity index (χ0) is 23.4. The van der Waals surface area contributed by atoms with Crippen LogP contribution >= 0.6 is 0 Å². The topological polar surface area (TPSA) is 84.2 Å². The molecule has 1 aromatic heterocycles. The fourth-order valence-electron chi connectivity index (χ4n) is 3.73. The Kier molecular flexibility index (Phi) is 6.54. The molecule has 1 heterocycles. The molecule has 2 amide bonds. The van der Waals surface area contributed by atoms with Crippen LogP contribution in [0.2, 0.25) is 0 Å². The molecule has 1 atom stereocenters. The van der Waals surface area contributed by atoms with Crippen molar-refractivity contribution >= 4 is 28.3 Å². The number of hydrogen-bond donors (Lipinski definition) is 2. The van der Waals surface area contributed by atoms with Crippen LogP contribution in [0.5, 0.6) is 0 Å². The van der Waals surface area contributed by atoms with Gasteiger partial charge in [-0.25, -0.2) is 4.98 Å². The highest BCUT2D eigenvalue weighted by Crippen LogP contribution is 2.22. The maximum atomic E-state index is 13.0. The lowest BCUT2D eigenvalue weighted by molar-refractivity contribution is -0.127. The Hall–Kier alpha value is -3.93. The number of hydrogen-bond acceptors (Lipinski definition) is 4. The van der Waals surface area contributed by atoms with Crippen LogP contribution in [0.4, 0.5) is 5.69 Å². The molecule has 6 nitrogen and oxygen atoms in total. The van der Waals surface area contributed by atoms with E-state index in [1.165, 1.54) is 0 Å². The van der Waals surface area contributed by atoms with Crippen LogP contribution in [0.15, 0.2) is 77.4 Å². The minimum atomic E-state index is -0.661. The van der Waals surface area contributed by atoms with Gasteiger partial charge in [0.05, 0.1) is 12.1 Å². The number of carbonyl (C=O) groups excluding carboxylic acids is 2. The Morgan fingerprint density at radius 2 is 1.76 bits per heavy atom. The molecule has 0 saturated heterocycles. The van der Waals surface area contributed by atoms with E-state index in [0.29, 0.717) is 11.6 Å². The molecule has 168 valence electrons. The zero-order valence-electron chi connectivity index (χ0n) is 19.0. The number of aromatic nitrogens is 1. The third kappa shape index (κ3) is 5.47. The Labute approximate surface area is 193 Å². The molecule has 1 unspecified atom stereocenters. The third-order valence-corrected chi connectivity index (χ3v) is 5.44. The van der Waals surface area contributed by atoms with Gasteiger partial charge in [-0.1, -0.05) is 62.4 Å². The summed E-state index contributed by atoms with van der Waals surface area (Å²) in [6, 6.07) is 20.6. The van der Waals surface area contributed by atoms with Gasteiger partial charge < -0.3 is 15.1 Å². The molecule has 2 N–H and O–H groups in total. The number of anilines is 1. The molecule has 6 heteroatoms. The Balaban J connectivity index is 1.43. The van der Waals surface area contributed by atoms with Gasteiger partial charge in [-0.05, 0) is 47.4 Å². The zero-order valence-corrected chi connectivity index (χ0v) is 19.0. The van der Waals surface area contributed by atoms with E-state index in [1.807, 2.05) is 75.4 Å². The lowest BCUT2D eigenvalue weighted by atomic mass is 10.0. The van der Waals surface area contributed by atoms with Crippen molar-refractivity contribution in [1.29, 1.82) is 0 Å². The van der Waals surface area contributed by atoms with Crippen LogP contribution in [0.3, 0.4) is 0 Å². The monoisotopic (exact) mass is 441 g/mol. The van der Waals surface area contributed by atoms with Crippen molar-refractivity contribution in [2.24, 2.45) is 5.92 Å². The van der Waals surface area contributed by atoms with E-state index < -0.39 is 6.04 Å². The summed E-state index contributed by atoms with van der Waals surface area (Å²) in [5.74, 6) is -0.0449. The first-order chi connectivity index (χ1) is 15.9. The van der Waals surface area contributed by atoms with Crippen molar-refractivity contribution in [2.75, 3.05) is 5.32 Å². The maximum absolute atomic E-state index is 13.0. The van der Waals surface area contributed by atoms with Crippen molar-refractivity contribution < 1.29 is 14.0 Å². The van der Waals surface area contributed by atoms with Crippen LogP contribution < -0.4 is 10.6 Å². The Bertz CT molecular complexity index is 1290. The second kappa shape index (κ2) is 9.69. The molecule has 0 spiro atoms. The van der Waals surface area contributed by atoms with Gasteiger partial charge in [0, 0.05) is 11.3 Å². The van der Waals surface area contributed by atoms with Crippen LogP contribution in [0.25, 0.3) is 22.2 Å². The first-order valence-electron chi connectivity index (χ1n) is 11.0. The van der Waals surface area contributed by atoms with Crippen molar-refractivity contribution in [1.82, 2.24) is 10.3 Å². The highest BCUT2D eigenvalue weighted by molar-refractivity contribution is 5.98. The van der Waals surface area contributed by atoms with Gasteiger partial charge in [0.25, 0.3) is 0 Å². The summed E-state index contributed by atoms with van der Waals surface area (Å²) in [7, 11) is 0. The smallest absolute Gasteiger partial charge is 0.247 e.